The van der Waals surface area contributed by atoms with Crippen molar-refractivity contribution in [1.82, 2.24) is 15.4 Å². The van der Waals surface area contributed by atoms with Gasteiger partial charge < -0.3 is 15.7 Å². The molecule has 0 aromatic rings. The molecule has 0 radical (unpaired) electrons. The lowest BCUT2D eigenvalue weighted by molar-refractivity contribution is -0.138. The van der Waals surface area contributed by atoms with E-state index in [1.165, 1.54) is 14.0 Å². The molecule has 0 aliphatic heterocycles. The fraction of sp³-hybridized carbons (Fsp3) is 0.714. The first-order valence-corrected chi connectivity index (χ1v) is 6.12. The molecule has 0 spiro atoms. The number of nitrogens with one attached hydrogen (secondary N) is 3. The Morgan fingerprint density at radius 2 is 1.94 bits per heavy atom. The van der Waals surface area contributed by atoms with E-state index in [9.17, 15) is 18.0 Å². The van der Waals surface area contributed by atoms with Crippen molar-refractivity contribution in [2.24, 2.45) is 0 Å². The summed E-state index contributed by atoms with van der Waals surface area (Å²) < 4.78 is 23.9. The summed E-state index contributed by atoms with van der Waals surface area (Å²) in [5, 5.41) is 12.8. The van der Waals surface area contributed by atoms with Crippen LogP contribution in [0.3, 0.4) is 0 Å². The zero-order chi connectivity index (χ0) is 12.8. The summed E-state index contributed by atoms with van der Waals surface area (Å²) in [7, 11) is -2.10. The highest BCUT2D eigenvalue weighted by Crippen LogP contribution is 1.82. The highest BCUT2D eigenvalue weighted by Gasteiger charge is 2.14. The third-order valence-corrected chi connectivity index (χ3v) is 3.05. The first-order chi connectivity index (χ1) is 7.28. The first-order valence-electron chi connectivity index (χ1n) is 4.47. The third kappa shape index (κ3) is 6.19. The molecule has 0 saturated carbocycles. The average molecular weight is 253 g/mol. The molecule has 0 bridgehead atoms. The molecule has 8 nitrogen and oxygen atoms in total. The van der Waals surface area contributed by atoms with Crippen molar-refractivity contribution in [1.29, 1.82) is 0 Å². The molecule has 1 atom stereocenters. The van der Waals surface area contributed by atoms with Gasteiger partial charge in [0, 0.05) is 6.54 Å². The molecular weight excluding hydrogens is 238 g/mol. The van der Waals surface area contributed by atoms with Crippen molar-refractivity contribution in [2.75, 3.05) is 19.3 Å². The molecular formula is C7H15N3O5S. The molecule has 16 heavy (non-hydrogen) atoms. The largest absolute Gasteiger partial charge is 0.480 e. The number of amides is 2. The Balaban J connectivity index is 3.88. The lowest BCUT2D eigenvalue weighted by atomic mass is 10.3. The van der Waals surface area contributed by atoms with Gasteiger partial charge in [-0.3, -0.25) is 4.79 Å². The summed E-state index contributed by atoms with van der Waals surface area (Å²) in [6, 6.07) is -1.75. The second kappa shape index (κ2) is 6.28. The number of rotatable bonds is 6. The van der Waals surface area contributed by atoms with Crippen LogP contribution in [0, 0.1) is 0 Å². The number of carboxylic acid groups (broad SMARTS) is 1. The Kier molecular flexibility index (Phi) is 5.75. The van der Waals surface area contributed by atoms with E-state index in [0.29, 0.717) is 0 Å². The van der Waals surface area contributed by atoms with Crippen molar-refractivity contribution >= 4 is 22.0 Å². The fourth-order valence-corrected chi connectivity index (χ4v) is 1.29. The zero-order valence-corrected chi connectivity index (χ0v) is 9.80. The minimum absolute atomic E-state index is 0.0959. The summed E-state index contributed by atoms with van der Waals surface area (Å²) >= 11 is 0. The molecule has 2 amide bonds. The normalized spacial score (nSPS) is 12.9. The smallest absolute Gasteiger partial charge is 0.325 e. The molecule has 1 unspecified atom stereocenters. The van der Waals surface area contributed by atoms with Crippen LogP contribution in [0.5, 0.6) is 0 Å². The lowest BCUT2D eigenvalue weighted by Crippen LogP contribution is -2.45. The van der Waals surface area contributed by atoms with E-state index in [0.717, 1.165) is 0 Å². The Morgan fingerprint density at radius 3 is 2.38 bits per heavy atom. The van der Waals surface area contributed by atoms with Gasteiger partial charge in [0.25, 0.3) is 0 Å². The van der Waals surface area contributed by atoms with Gasteiger partial charge in [0.05, 0.1) is 5.75 Å². The van der Waals surface area contributed by atoms with Crippen molar-refractivity contribution in [2.45, 2.75) is 13.0 Å². The Labute approximate surface area is 93.5 Å². The minimum Gasteiger partial charge on any atom is -0.480 e. The van der Waals surface area contributed by atoms with Gasteiger partial charge in [-0.15, -0.1) is 0 Å². The molecule has 4 N–H and O–H groups in total. The van der Waals surface area contributed by atoms with E-state index in [2.05, 4.69) is 15.4 Å². The van der Waals surface area contributed by atoms with Gasteiger partial charge in [0.1, 0.15) is 6.04 Å². The Morgan fingerprint density at radius 1 is 1.38 bits per heavy atom. The Bertz CT molecular complexity index is 353. The fourth-order valence-electron chi connectivity index (χ4n) is 0.710. The highest BCUT2D eigenvalue weighted by molar-refractivity contribution is 7.89. The second-order valence-corrected chi connectivity index (χ2v) is 5.03. The summed E-state index contributed by atoms with van der Waals surface area (Å²) in [6.07, 6.45) is 0. The molecule has 94 valence electrons. The average Bonchev–Trinajstić information content (AvgIpc) is 2.17. The molecule has 0 aliphatic carbocycles. The number of carboxylic acids is 1. The van der Waals surface area contributed by atoms with Gasteiger partial charge in [-0.25, -0.2) is 17.9 Å². The maximum atomic E-state index is 11.0. The molecule has 0 aliphatic rings. The van der Waals surface area contributed by atoms with Crippen LogP contribution in [-0.4, -0.2) is 50.9 Å². The molecule has 9 heteroatoms. The summed E-state index contributed by atoms with van der Waals surface area (Å²) in [6.45, 7) is 1.20. The number of hydrogen-bond donors (Lipinski definition) is 4. The van der Waals surface area contributed by atoms with Crippen LogP contribution in [0.4, 0.5) is 4.79 Å². The summed E-state index contributed by atoms with van der Waals surface area (Å²) in [5.41, 5.74) is 0. The standard InChI is InChI=1S/C7H15N3O5S/c1-5(6(11)12)10-7(13)9-3-4-16(14,15)8-2/h5,8H,3-4H2,1-2H3,(H,11,12)(H2,9,10,13). The first kappa shape index (κ1) is 14.6. The van der Waals surface area contributed by atoms with Gasteiger partial charge >= 0.3 is 12.0 Å². The van der Waals surface area contributed by atoms with Gasteiger partial charge in [-0.2, -0.15) is 0 Å². The maximum Gasteiger partial charge on any atom is 0.325 e. The van der Waals surface area contributed by atoms with Crippen molar-refractivity contribution in [3.05, 3.63) is 0 Å². The van der Waals surface area contributed by atoms with Crippen molar-refractivity contribution in [3.8, 4) is 0 Å². The summed E-state index contributed by atoms with van der Waals surface area (Å²) in [5.74, 6) is -1.43. The number of hydrogen-bond acceptors (Lipinski definition) is 4. The number of sulfonamides is 1. The van der Waals surface area contributed by atoms with Gasteiger partial charge in [0.15, 0.2) is 0 Å². The van der Waals surface area contributed by atoms with Crippen LogP contribution in [0.2, 0.25) is 0 Å². The number of carbonyl (C=O) groups is 2. The van der Waals surface area contributed by atoms with Crippen molar-refractivity contribution in [3.63, 3.8) is 0 Å². The lowest BCUT2D eigenvalue weighted by Gasteiger charge is -2.10. The predicted octanol–water partition coefficient (Wildman–Crippen LogP) is -1.69. The van der Waals surface area contributed by atoms with Crippen LogP contribution in [-0.2, 0) is 14.8 Å². The summed E-state index contributed by atoms with van der Waals surface area (Å²) in [4.78, 5) is 21.4. The van der Waals surface area contributed by atoms with E-state index >= 15 is 0 Å². The van der Waals surface area contributed by atoms with Gasteiger partial charge in [0.2, 0.25) is 10.0 Å². The molecule has 0 aromatic carbocycles. The van der Waals surface area contributed by atoms with Crippen LogP contribution < -0.4 is 15.4 Å². The third-order valence-electron chi connectivity index (χ3n) is 1.69. The number of urea groups is 1. The number of aliphatic carboxylic acids is 1. The van der Waals surface area contributed by atoms with E-state index in [1.54, 1.807) is 0 Å². The molecule has 0 rings (SSSR count). The van der Waals surface area contributed by atoms with Crippen LogP contribution >= 0.6 is 0 Å². The monoisotopic (exact) mass is 253 g/mol. The maximum absolute atomic E-state index is 11.0. The quantitative estimate of drug-likeness (QED) is 0.449. The van der Waals surface area contributed by atoms with E-state index in [4.69, 9.17) is 5.11 Å². The van der Waals surface area contributed by atoms with Crippen LogP contribution in [0.25, 0.3) is 0 Å². The Hall–Kier alpha value is -1.35. The SMILES string of the molecule is CNS(=O)(=O)CCNC(=O)NC(C)C(=O)O. The molecule has 0 heterocycles. The van der Waals surface area contributed by atoms with Crippen molar-refractivity contribution < 1.29 is 23.1 Å². The molecule has 0 aromatic heterocycles. The van der Waals surface area contributed by atoms with E-state index < -0.39 is 28.1 Å². The zero-order valence-electron chi connectivity index (χ0n) is 8.98. The topological polar surface area (TPSA) is 125 Å². The van der Waals surface area contributed by atoms with E-state index in [-0.39, 0.29) is 12.3 Å². The minimum atomic E-state index is -3.37. The molecule has 0 saturated heterocycles. The van der Waals surface area contributed by atoms with E-state index in [1.807, 2.05) is 0 Å². The van der Waals surface area contributed by atoms with Crippen LogP contribution in [0.1, 0.15) is 6.92 Å². The van der Waals surface area contributed by atoms with Gasteiger partial charge in [-0.05, 0) is 14.0 Å². The highest BCUT2D eigenvalue weighted by atomic mass is 32.2. The second-order valence-electron chi connectivity index (χ2n) is 2.98. The van der Waals surface area contributed by atoms with Crippen LogP contribution in [0.15, 0.2) is 0 Å². The number of carbonyl (C=O) groups excluding carboxylic acids is 1. The predicted molar refractivity (Wildman–Crippen MR) is 56.5 cm³/mol. The van der Waals surface area contributed by atoms with Gasteiger partial charge in [-0.1, -0.05) is 0 Å². The molecule has 0 fully saturated rings.